The fraction of sp³-hybridized carbons (Fsp3) is 0.304. The number of carbonyl (C=O) groups excluding carboxylic acids is 1. The minimum atomic E-state index is -3.96. The number of rotatable bonds is 7. The second kappa shape index (κ2) is 9.44. The maximum atomic E-state index is 12.9. The van der Waals surface area contributed by atoms with Crippen LogP contribution in [-0.4, -0.2) is 20.4 Å². The Labute approximate surface area is 191 Å². The number of hydrogen-bond acceptors (Lipinski definition) is 6. The van der Waals surface area contributed by atoms with Crippen LogP contribution in [0.5, 0.6) is 5.75 Å². The first-order valence-corrected chi connectivity index (χ1v) is 11.9. The zero-order valence-electron chi connectivity index (χ0n) is 18.1. The number of hydrogen-bond donors (Lipinski definition) is 1. The fourth-order valence-corrected chi connectivity index (χ4v) is 4.61. The van der Waals surface area contributed by atoms with Gasteiger partial charge in [0.15, 0.2) is 5.75 Å². The Morgan fingerprint density at radius 3 is 2.41 bits per heavy atom. The molecule has 2 aromatic carbocycles. The monoisotopic (exact) mass is 477 g/mol. The van der Waals surface area contributed by atoms with Gasteiger partial charge in [-0.2, -0.15) is 4.72 Å². The standard InChI is InChI=1S/C23H24ClNO6S/c1-13(2)9-19(25-32(28,29)16-7-5-14(3)6-8-16)23(27)31-21-12-20-17(11-18(21)24)15(4)10-22(26)30-20/h5-8,10-13,19,25H,9H2,1-4H3/t19-/m1/s1. The summed E-state index contributed by atoms with van der Waals surface area (Å²) in [6.07, 6.45) is 0.212. The van der Waals surface area contributed by atoms with Gasteiger partial charge >= 0.3 is 11.6 Å². The molecule has 0 fully saturated rings. The van der Waals surface area contributed by atoms with Crippen molar-refractivity contribution in [2.45, 2.75) is 45.1 Å². The summed E-state index contributed by atoms with van der Waals surface area (Å²) in [5.74, 6) is -0.840. The van der Waals surface area contributed by atoms with Crippen molar-refractivity contribution in [3.05, 3.63) is 69.0 Å². The molecule has 1 aromatic heterocycles. The number of aryl methyl sites for hydroxylation is 2. The molecule has 3 rings (SSSR count). The number of ether oxygens (including phenoxy) is 1. The fourth-order valence-electron chi connectivity index (χ4n) is 3.21. The highest BCUT2D eigenvalue weighted by molar-refractivity contribution is 7.89. The van der Waals surface area contributed by atoms with Crippen molar-refractivity contribution >= 4 is 38.6 Å². The maximum Gasteiger partial charge on any atom is 0.336 e. The third kappa shape index (κ3) is 5.56. The minimum Gasteiger partial charge on any atom is -0.424 e. The van der Waals surface area contributed by atoms with Crippen LogP contribution >= 0.6 is 11.6 Å². The molecule has 0 aliphatic heterocycles. The van der Waals surface area contributed by atoms with Crippen molar-refractivity contribution in [1.82, 2.24) is 4.72 Å². The van der Waals surface area contributed by atoms with Gasteiger partial charge < -0.3 is 9.15 Å². The van der Waals surface area contributed by atoms with Crippen molar-refractivity contribution in [1.29, 1.82) is 0 Å². The SMILES string of the molecule is Cc1ccc(S(=O)(=O)N[C@H](CC(C)C)C(=O)Oc2cc3oc(=O)cc(C)c3cc2Cl)cc1. The summed E-state index contributed by atoms with van der Waals surface area (Å²) in [4.78, 5) is 24.7. The second-order valence-electron chi connectivity index (χ2n) is 8.06. The van der Waals surface area contributed by atoms with Crippen LogP contribution in [0.25, 0.3) is 11.0 Å². The van der Waals surface area contributed by atoms with Crippen LogP contribution in [0.1, 0.15) is 31.4 Å². The van der Waals surface area contributed by atoms with E-state index in [-0.39, 0.29) is 33.6 Å². The van der Waals surface area contributed by atoms with Gasteiger partial charge in [0.05, 0.1) is 9.92 Å². The molecule has 0 unspecified atom stereocenters. The van der Waals surface area contributed by atoms with Crippen molar-refractivity contribution in [3.8, 4) is 5.75 Å². The lowest BCUT2D eigenvalue weighted by Crippen LogP contribution is -2.43. The molecule has 1 atom stereocenters. The molecule has 9 heteroatoms. The number of sulfonamides is 1. The summed E-state index contributed by atoms with van der Waals surface area (Å²) in [5, 5.41) is 0.737. The van der Waals surface area contributed by atoms with Gasteiger partial charge in [0.2, 0.25) is 10.0 Å². The topological polar surface area (TPSA) is 103 Å². The molecule has 0 aliphatic rings. The number of carbonyl (C=O) groups is 1. The Morgan fingerprint density at radius 1 is 1.12 bits per heavy atom. The first-order valence-electron chi connectivity index (χ1n) is 10.0. The molecular formula is C23H24ClNO6S. The van der Waals surface area contributed by atoms with E-state index < -0.39 is 27.7 Å². The highest BCUT2D eigenvalue weighted by Gasteiger charge is 2.29. The lowest BCUT2D eigenvalue weighted by Gasteiger charge is -2.20. The predicted octanol–water partition coefficient (Wildman–Crippen LogP) is 4.36. The maximum absolute atomic E-state index is 12.9. The summed E-state index contributed by atoms with van der Waals surface area (Å²) in [6, 6.07) is 9.38. The molecule has 0 radical (unpaired) electrons. The van der Waals surface area contributed by atoms with E-state index in [1.165, 1.54) is 30.3 Å². The van der Waals surface area contributed by atoms with Gasteiger partial charge in [-0.1, -0.05) is 43.1 Å². The number of esters is 1. The van der Waals surface area contributed by atoms with Crippen molar-refractivity contribution in [2.24, 2.45) is 5.92 Å². The molecule has 0 saturated heterocycles. The number of fused-ring (bicyclic) bond motifs is 1. The predicted molar refractivity (Wildman–Crippen MR) is 123 cm³/mol. The zero-order valence-corrected chi connectivity index (χ0v) is 19.7. The third-order valence-corrected chi connectivity index (χ3v) is 6.62. The van der Waals surface area contributed by atoms with Gasteiger partial charge in [0, 0.05) is 17.5 Å². The smallest absolute Gasteiger partial charge is 0.336 e. The van der Waals surface area contributed by atoms with Crippen molar-refractivity contribution in [2.75, 3.05) is 0 Å². The van der Waals surface area contributed by atoms with E-state index >= 15 is 0 Å². The van der Waals surface area contributed by atoms with E-state index in [0.717, 1.165) is 5.56 Å². The van der Waals surface area contributed by atoms with Crippen LogP contribution in [0.15, 0.2) is 56.6 Å². The lowest BCUT2D eigenvalue weighted by atomic mass is 10.0. The summed E-state index contributed by atoms with van der Waals surface area (Å²) < 4.78 is 38.7. The van der Waals surface area contributed by atoms with Crippen LogP contribution in [0.2, 0.25) is 5.02 Å². The Hall–Kier alpha value is -2.68. The molecule has 170 valence electrons. The number of benzene rings is 2. The van der Waals surface area contributed by atoms with Gasteiger partial charge in [0.1, 0.15) is 11.6 Å². The molecule has 0 aliphatic carbocycles. The first kappa shape index (κ1) is 24.0. The average Bonchev–Trinajstić information content (AvgIpc) is 2.68. The molecular weight excluding hydrogens is 454 g/mol. The largest absolute Gasteiger partial charge is 0.424 e. The summed E-state index contributed by atoms with van der Waals surface area (Å²) in [6.45, 7) is 7.31. The van der Waals surface area contributed by atoms with E-state index in [1.54, 1.807) is 19.1 Å². The van der Waals surface area contributed by atoms with E-state index in [4.69, 9.17) is 20.8 Å². The minimum absolute atomic E-state index is 0.000939. The second-order valence-corrected chi connectivity index (χ2v) is 10.2. The van der Waals surface area contributed by atoms with Crippen LogP contribution in [0.4, 0.5) is 0 Å². The zero-order chi connectivity index (χ0) is 23.6. The van der Waals surface area contributed by atoms with Gasteiger partial charge in [-0.3, -0.25) is 0 Å². The Balaban J connectivity index is 1.90. The number of nitrogens with one attached hydrogen (secondary N) is 1. The van der Waals surface area contributed by atoms with E-state index in [0.29, 0.717) is 10.9 Å². The first-order chi connectivity index (χ1) is 15.0. The van der Waals surface area contributed by atoms with E-state index in [1.807, 2.05) is 20.8 Å². The molecule has 7 nitrogen and oxygen atoms in total. The average molecular weight is 478 g/mol. The molecule has 0 saturated carbocycles. The summed E-state index contributed by atoms with van der Waals surface area (Å²) >= 11 is 6.28. The van der Waals surface area contributed by atoms with Gasteiger partial charge in [-0.15, -0.1) is 0 Å². The van der Waals surface area contributed by atoms with Gasteiger partial charge in [-0.25, -0.2) is 18.0 Å². The third-order valence-electron chi connectivity index (χ3n) is 4.83. The molecule has 32 heavy (non-hydrogen) atoms. The summed E-state index contributed by atoms with van der Waals surface area (Å²) in [7, 11) is -3.96. The Morgan fingerprint density at radius 2 is 1.78 bits per heavy atom. The van der Waals surface area contributed by atoms with Crippen LogP contribution in [0, 0.1) is 19.8 Å². The van der Waals surface area contributed by atoms with E-state index in [2.05, 4.69) is 4.72 Å². The van der Waals surface area contributed by atoms with Crippen LogP contribution in [0.3, 0.4) is 0 Å². The molecule has 0 spiro atoms. The van der Waals surface area contributed by atoms with Gasteiger partial charge in [0.25, 0.3) is 0 Å². The molecule has 0 bridgehead atoms. The van der Waals surface area contributed by atoms with Crippen LogP contribution < -0.4 is 15.1 Å². The molecule has 1 N–H and O–H groups in total. The van der Waals surface area contributed by atoms with Crippen LogP contribution in [-0.2, 0) is 14.8 Å². The number of halogens is 1. The lowest BCUT2D eigenvalue weighted by molar-refractivity contribution is -0.136. The van der Waals surface area contributed by atoms with E-state index in [9.17, 15) is 18.0 Å². The molecule has 3 aromatic rings. The molecule has 1 heterocycles. The summed E-state index contributed by atoms with van der Waals surface area (Å²) in [5.41, 5.74) is 1.25. The Bertz CT molecular complexity index is 1310. The highest BCUT2D eigenvalue weighted by Crippen LogP contribution is 2.31. The van der Waals surface area contributed by atoms with Gasteiger partial charge in [-0.05, 0) is 49.9 Å². The molecule has 0 amide bonds. The quantitative estimate of drug-likeness (QED) is 0.308. The van der Waals surface area contributed by atoms with Crippen molar-refractivity contribution in [3.63, 3.8) is 0 Å². The normalized spacial score (nSPS) is 12.8. The Kier molecular flexibility index (Phi) is 7.07. The highest BCUT2D eigenvalue weighted by atomic mass is 35.5. The van der Waals surface area contributed by atoms with Crippen molar-refractivity contribution < 1.29 is 22.4 Å².